The Kier molecular flexibility index (Phi) is 6.31. The predicted octanol–water partition coefficient (Wildman–Crippen LogP) is 3.19. The van der Waals surface area contributed by atoms with E-state index in [9.17, 15) is 14.4 Å². The third-order valence-electron chi connectivity index (χ3n) is 4.44. The van der Waals surface area contributed by atoms with Crippen molar-refractivity contribution < 1.29 is 9.59 Å². The molecule has 1 N–H and O–H groups in total. The van der Waals surface area contributed by atoms with Crippen LogP contribution in [-0.2, 0) is 11.3 Å². The second-order valence-electron chi connectivity index (χ2n) is 6.26. The van der Waals surface area contributed by atoms with Crippen LogP contribution in [0.1, 0.15) is 27.7 Å². The minimum absolute atomic E-state index is 0.0558. The number of ketones is 1. The largest absolute Gasteiger partial charge is 0.348 e. The first-order chi connectivity index (χ1) is 13.4. The molecule has 0 aliphatic heterocycles. The molecule has 6 nitrogen and oxygen atoms in total. The third kappa shape index (κ3) is 4.18. The first-order valence-electron chi connectivity index (χ1n) is 8.90. The lowest BCUT2D eigenvalue weighted by molar-refractivity contribution is -0.118. The van der Waals surface area contributed by atoms with Crippen molar-refractivity contribution in [2.75, 3.05) is 12.3 Å². The van der Waals surface area contributed by atoms with Crippen molar-refractivity contribution in [3.05, 3.63) is 56.7 Å². The van der Waals surface area contributed by atoms with Gasteiger partial charge in [-0.15, -0.1) is 11.3 Å². The maximum absolute atomic E-state index is 12.8. The number of thiophene rings is 1. The van der Waals surface area contributed by atoms with Crippen LogP contribution in [0.25, 0.3) is 10.2 Å². The van der Waals surface area contributed by atoms with Crippen LogP contribution in [-0.4, -0.2) is 33.5 Å². The van der Waals surface area contributed by atoms with Crippen LogP contribution in [0.3, 0.4) is 0 Å². The highest BCUT2D eigenvalue weighted by Gasteiger charge is 2.17. The Balaban J connectivity index is 1.68. The molecule has 0 radical (unpaired) electrons. The molecule has 0 fully saturated rings. The Hall–Kier alpha value is -2.45. The number of Topliss-reactive ketones (excluding diaryl/α,β-unsaturated/α-hetero) is 1. The molecule has 0 saturated carbocycles. The third-order valence-corrected chi connectivity index (χ3v) is 6.52. The van der Waals surface area contributed by atoms with Crippen molar-refractivity contribution >= 4 is 45.0 Å². The zero-order valence-electron chi connectivity index (χ0n) is 15.9. The number of benzene rings is 1. The lowest BCUT2D eigenvalue weighted by Gasteiger charge is -2.10. The van der Waals surface area contributed by atoms with Crippen LogP contribution in [0.2, 0.25) is 0 Å². The second kappa shape index (κ2) is 8.70. The summed E-state index contributed by atoms with van der Waals surface area (Å²) >= 11 is 2.70. The van der Waals surface area contributed by atoms with E-state index in [1.54, 1.807) is 28.8 Å². The molecular weight excluding hydrogens is 394 g/mol. The number of nitrogens with zero attached hydrogens (tertiary/aromatic N) is 2. The van der Waals surface area contributed by atoms with Crippen molar-refractivity contribution in [1.82, 2.24) is 14.9 Å². The molecule has 0 spiro atoms. The molecular formula is C20H21N3O3S2. The summed E-state index contributed by atoms with van der Waals surface area (Å²) in [5.41, 5.74) is 1.45. The number of nitrogens with one attached hydrogen (secondary N) is 1. The number of rotatable bonds is 7. The Morgan fingerprint density at radius 3 is 2.61 bits per heavy atom. The van der Waals surface area contributed by atoms with Crippen LogP contribution in [0.15, 0.2) is 40.3 Å². The zero-order valence-corrected chi connectivity index (χ0v) is 17.6. The summed E-state index contributed by atoms with van der Waals surface area (Å²) in [5.74, 6) is -0.332. The SMILES string of the molecule is CCn1c(SCC(=O)NCC(=O)c2ccccc2)nc2sc(C)c(C)c2c1=O. The average molecular weight is 416 g/mol. The molecule has 28 heavy (non-hydrogen) atoms. The van der Waals surface area contributed by atoms with Gasteiger partial charge in [0.2, 0.25) is 5.91 Å². The molecule has 0 saturated heterocycles. The van der Waals surface area contributed by atoms with Gasteiger partial charge in [0.15, 0.2) is 10.9 Å². The van der Waals surface area contributed by atoms with E-state index in [2.05, 4.69) is 10.3 Å². The van der Waals surface area contributed by atoms with Crippen molar-refractivity contribution in [1.29, 1.82) is 0 Å². The number of amides is 1. The highest BCUT2D eigenvalue weighted by atomic mass is 32.2. The quantitative estimate of drug-likeness (QED) is 0.364. The van der Waals surface area contributed by atoms with Gasteiger partial charge in [0.1, 0.15) is 4.83 Å². The number of hydrogen-bond acceptors (Lipinski definition) is 6. The van der Waals surface area contributed by atoms with E-state index in [0.717, 1.165) is 10.4 Å². The average Bonchev–Trinajstić information content (AvgIpc) is 2.99. The molecule has 8 heteroatoms. The highest BCUT2D eigenvalue weighted by Crippen LogP contribution is 2.28. The molecule has 146 valence electrons. The number of aromatic nitrogens is 2. The summed E-state index contributed by atoms with van der Waals surface area (Å²) in [6, 6.07) is 8.83. The van der Waals surface area contributed by atoms with Gasteiger partial charge in [0, 0.05) is 17.0 Å². The second-order valence-corrected chi connectivity index (χ2v) is 8.41. The van der Waals surface area contributed by atoms with Crippen molar-refractivity contribution in [2.45, 2.75) is 32.5 Å². The first kappa shape index (κ1) is 20.3. The number of thioether (sulfide) groups is 1. The van der Waals surface area contributed by atoms with E-state index in [1.165, 1.54) is 23.1 Å². The number of fused-ring (bicyclic) bond motifs is 1. The minimum atomic E-state index is -0.273. The molecule has 0 aliphatic rings. The standard InChI is InChI=1S/C20H21N3O3S2/c1-4-23-19(26)17-12(2)13(3)28-18(17)22-20(23)27-11-16(25)21-10-15(24)14-8-6-5-7-9-14/h5-9H,4,10-11H2,1-3H3,(H,21,25). The van der Waals surface area contributed by atoms with Gasteiger partial charge in [0.25, 0.3) is 5.56 Å². The van der Waals surface area contributed by atoms with Crippen LogP contribution in [0.5, 0.6) is 0 Å². The number of aryl methyl sites for hydroxylation is 2. The van der Waals surface area contributed by atoms with Crippen molar-refractivity contribution in [3.63, 3.8) is 0 Å². The van der Waals surface area contributed by atoms with E-state index in [-0.39, 0.29) is 29.5 Å². The van der Waals surface area contributed by atoms with E-state index < -0.39 is 0 Å². The summed E-state index contributed by atoms with van der Waals surface area (Å²) in [5, 5.41) is 3.81. The molecule has 3 aromatic rings. The van der Waals surface area contributed by atoms with E-state index in [0.29, 0.717) is 27.5 Å². The summed E-state index contributed by atoms with van der Waals surface area (Å²) in [4.78, 5) is 43.4. The van der Waals surface area contributed by atoms with E-state index >= 15 is 0 Å². The van der Waals surface area contributed by atoms with Gasteiger partial charge in [-0.3, -0.25) is 19.0 Å². The molecule has 0 bridgehead atoms. The molecule has 1 amide bonds. The Morgan fingerprint density at radius 2 is 1.93 bits per heavy atom. The predicted molar refractivity (Wildman–Crippen MR) is 114 cm³/mol. The Labute approximate surface area is 171 Å². The van der Waals surface area contributed by atoms with Crippen molar-refractivity contribution in [3.8, 4) is 0 Å². The van der Waals surface area contributed by atoms with Crippen LogP contribution < -0.4 is 10.9 Å². The van der Waals surface area contributed by atoms with Crippen LogP contribution >= 0.6 is 23.1 Å². The summed E-state index contributed by atoms with van der Waals surface area (Å²) in [7, 11) is 0. The maximum atomic E-state index is 12.8. The maximum Gasteiger partial charge on any atom is 0.263 e. The summed E-state index contributed by atoms with van der Waals surface area (Å²) in [6.07, 6.45) is 0. The molecule has 0 unspecified atom stereocenters. The fraction of sp³-hybridized carbons (Fsp3) is 0.300. The minimum Gasteiger partial charge on any atom is -0.348 e. The van der Waals surface area contributed by atoms with Gasteiger partial charge >= 0.3 is 0 Å². The molecule has 0 atom stereocenters. The molecule has 1 aromatic carbocycles. The molecule has 3 rings (SSSR count). The lowest BCUT2D eigenvalue weighted by atomic mass is 10.1. The normalized spacial score (nSPS) is 11.0. The van der Waals surface area contributed by atoms with Gasteiger partial charge in [-0.25, -0.2) is 4.98 Å². The number of hydrogen-bond donors (Lipinski definition) is 1. The van der Waals surface area contributed by atoms with Gasteiger partial charge < -0.3 is 5.32 Å². The van der Waals surface area contributed by atoms with Crippen LogP contribution in [0, 0.1) is 13.8 Å². The first-order valence-corrected chi connectivity index (χ1v) is 10.7. The fourth-order valence-corrected chi connectivity index (χ4v) is 4.75. The van der Waals surface area contributed by atoms with Crippen LogP contribution in [0.4, 0.5) is 0 Å². The topological polar surface area (TPSA) is 81.1 Å². The van der Waals surface area contributed by atoms with Crippen molar-refractivity contribution in [2.24, 2.45) is 0 Å². The fourth-order valence-electron chi connectivity index (χ4n) is 2.78. The van der Waals surface area contributed by atoms with Gasteiger partial charge in [-0.1, -0.05) is 42.1 Å². The van der Waals surface area contributed by atoms with E-state index in [4.69, 9.17) is 0 Å². The van der Waals surface area contributed by atoms with E-state index in [1.807, 2.05) is 26.8 Å². The molecule has 0 aliphatic carbocycles. The smallest absolute Gasteiger partial charge is 0.263 e. The molecule has 2 heterocycles. The molecule has 2 aromatic heterocycles. The summed E-state index contributed by atoms with van der Waals surface area (Å²) in [6.45, 7) is 6.21. The van der Waals surface area contributed by atoms with Gasteiger partial charge in [0.05, 0.1) is 17.7 Å². The lowest BCUT2D eigenvalue weighted by Crippen LogP contribution is -2.31. The zero-order chi connectivity index (χ0) is 20.3. The summed E-state index contributed by atoms with van der Waals surface area (Å²) < 4.78 is 1.59. The van der Waals surface area contributed by atoms with Gasteiger partial charge in [-0.05, 0) is 26.3 Å². The number of carbonyl (C=O) groups is 2. The number of carbonyl (C=O) groups excluding carboxylic acids is 2. The Bertz CT molecular complexity index is 1090. The van der Waals surface area contributed by atoms with Gasteiger partial charge in [-0.2, -0.15) is 0 Å². The Morgan fingerprint density at radius 1 is 1.21 bits per heavy atom. The highest BCUT2D eigenvalue weighted by molar-refractivity contribution is 7.99. The monoisotopic (exact) mass is 415 g/mol.